The Kier molecular flexibility index (Phi) is 8.86. The van der Waals surface area contributed by atoms with Crippen molar-refractivity contribution in [3.8, 4) is 0 Å². The number of rotatable bonds is 2. The van der Waals surface area contributed by atoms with Crippen molar-refractivity contribution in [1.29, 1.82) is 0 Å². The minimum absolute atomic E-state index is 0. The Morgan fingerprint density at radius 1 is 1.04 bits per heavy atom. The molecule has 2 aromatic rings. The fourth-order valence-electron chi connectivity index (χ4n) is 4.01. The number of aliphatic imine (C=N–C) groups is 1. The molecule has 0 aromatic heterocycles. The van der Waals surface area contributed by atoms with Crippen LogP contribution in [-0.2, 0) is 0 Å². The molecule has 28 heavy (non-hydrogen) atoms. The zero-order valence-corrected chi connectivity index (χ0v) is 19.2. The molecule has 0 radical (unpaired) electrons. The summed E-state index contributed by atoms with van der Waals surface area (Å²) >= 11 is 0. The molecule has 2 aliphatic carbocycles. The van der Waals surface area contributed by atoms with Crippen LogP contribution >= 0.6 is 0 Å². The maximum Gasteiger partial charge on any atom is 0.0704 e. The summed E-state index contributed by atoms with van der Waals surface area (Å²) in [6.07, 6.45) is 6.54. The average molecular weight is 530 g/mol. The summed E-state index contributed by atoms with van der Waals surface area (Å²) in [6.45, 7) is 10.6. The monoisotopic (exact) mass is 530 g/mol. The van der Waals surface area contributed by atoms with Gasteiger partial charge in [-0.1, -0.05) is 62.3 Å². The Morgan fingerprint density at radius 2 is 1.71 bits per heavy atom. The molecule has 2 aromatic carbocycles. The third-order valence-corrected chi connectivity index (χ3v) is 5.47. The number of benzene rings is 2. The molecule has 0 N–H and O–H groups in total. The van der Waals surface area contributed by atoms with Crippen molar-refractivity contribution in [2.24, 2.45) is 10.9 Å². The number of para-hydroxylation sites is 1. The zero-order valence-electron chi connectivity index (χ0n) is 17.5. The Balaban J connectivity index is 0.000000906. The van der Waals surface area contributed by atoms with Crippen LogP contribution in [0.3, 0.4) is 0 Å². The van der Waals surface area contributed by atoms with Crippen molar-refractivity contribution in [2.75, 3.05) is 0 Å². The van der Waals surface area contributed by atoms with Gasteiger partial charge in [0.1, 0.15) is 0 Å². The summed E-state index contributed by atoms with van der Waals surface area (Å²) in [4.78, 5) is 5.08. The third kappa shape index (κ3) is 4.75. The maximum absolute atomic E-state index is 5.08. The van der Waals surface area contributed by atoms with Gasteiger partial charge in [0, 0.05) is 71.0 Å². The van der Waals surface area contributed by atoms with E-state index in [2.05, 4.69) is 81.8 Å². The summed E-state index contributed by atoms with van der Waals surface area (Å²) in [7, 11) is 0. The molecule has 0 saturated carbocycles. The van der Waals surface area contributed by atoms with Crippen molar-refractivity contribution in [2.45, 2.75) is 47.5 Å². The number of hydrogen-bond acceptors (Lipinski definition) is 1. The molecule has 1 atom stereocenters. The van der Waals surface area contributed by atoms with E-state index in [0.29, 0.717) is 5.92 Å². The van der Waals surface area contributed by atoms with Gasteiger partial charge in [-0.15, -0.1) is 17.7 Å². The van der Waals surface area contributed by atoms with Gasteiger partial charge in [-0.25, -0.2) is 0 Å². The molecule has 0 bridgehead atoms. The van der Waals surface area contributed by atoms with Gasteiger partial charge in [0.05, 0.1) is 5.69 Å². The van der Waals surface area contributed by atoms with Crippen LogP contribution in [0, 0.1) is 59.3 Å². The van der Waals surface area contributed by atoms with E-state index in [9.17, 15) is 0 Å². The third-order valence-electron chi connectivity index (χ3n) is 5.47. The summed E-state index contributed by atoms with van der Waals surface area (Å²) < 4.78 is 0. The van der Waals surface area contributed by atoms with Gasteiger partial charge in [-0.05, 0) is 31.4 Å². The number of allylic oxidation sites excluding steroid dienone is 4. The largest absolute Gasteiger partial charge is 0.257 e. The normalized spacial score (nSPS) is 19.1. The minimum atomic E-state index is 0. The number of fused-ring (bicyclic) bond motifs is 2. The molecule has 0 saturated heterocycles. The molecule has 2 aliphatic rings. The van der Waals surface area contributed by atoms with Crippen LogP contribution in [0.15, 0.2) is 65.2 Å². The van der Waals surface area contributed by atoms with E-state index in [1.807, 2.05) is 13.8 Å². The standard InChI is InChI=1S/C24H24N.C2H6.Yb/c1-4-16(2)20-10-7-8-12-24(20)25-19-14-22-17(3)13-18-9-5-6-11-21(18)23(22)15-19;1-2;/h4-13,17H,14-15H2,1-3H3;1-2H3;/q-1;;. The van der Waals surface area contributed by atoms with Crippen LogP contribution in [0.1, 0.15) is 64.2 Å². The van der Waals surface area contributed by atoms with E-state index >= 15 is 0 Å². The van der Waals surface area contributed by atoms with Gasteiger partial charge in [0.25, 0.3) is 0 Å². The van der Waals surface area contributed by atoms with E-state index in [1.165, 1.54) is 33.5 Å². The molecule has 0 heterocycles. The number of hydrogen-bond donors (Lipinski definition) is 0. The molecule has 0 aliphatic heterocycles. The predicted molar refractivity (Wildman–Crippen MR) is 119 cm³/mol. The van der Waals surface area contributed by atoms with E-state index < -0.39 is 0 Å². The molecule has 0 spiro atoms. The van der Waals surface area contributed by atoms with Gasteiger partial charge in [0.2, 0.25) is 0 Å². The molecule has 1 unspecified atom stereocenters. The first-order chi connectivity index (χ1) is 13.2. The molecular formula is C26H30NYb-. The molecule has 4 rings (SSSR count). The fraction of sp³-hybridized carbons (Fsp3) is 0.308. The molecule has 1 nitrogen and oxygen atoms in total. The second kappa shape index (κ2) is 10.7. The Morgan fingerprint density at radius 3 is 2.46 bits per heavy atom. The molecule has 154 valence electrons. The van der Waals surface area contributed by atoms with Gasteiger partial charge < -0.3 is 0 Å². The van der Waals surface area contributed by atoms with Crippen LogP contribution in [0.5, 0.6) is 0 Å². The van der Waals surface area contributed by atoms with E-state index in [0.717, 1.165) is 18.5 Å². The van der Waals surface area contributed by atoms with Gasteiger partial charge in [-0.3, -0.25) is 4.99 Å². The SMILES string of the molecule is CC.CC=C(C)c1ccccc1N=C1CC2=C(C1)C(C)[CH-]c1ccccc12.[Yb]. The van der Waals surface area contributed by atoms with Crippen LogP contribution < -0.4 is 0 Å². The smallest absolute Gasteiger partial charge is 0.0704 e. The van der Waals surface area contributed by atoms with Crippen LogP contribution in [0.4, 0.5) is 5.69 Å². The summed E-state index contributed by atoms with van der Waals surface area (Å²) in [6, 6.07) is 17.3. The van der Waals surface area contributed by atoms with E-state index in [-0.39, 0.29) is 46.9 Å². The predicted octanol–water partition coefficient (Wildman–Crippen LogP) is 7.66. The second-order valence-corrected chi connectivity index (χ2v) is 7.07. The molecule has 0 fully saturated rings. The van der Waals surface area contributed by atoms with Crippen LogP contribution in [0.2, 0.25) is 0 Å². The van der Waals surface area contributed by atoms with Gasteiger partial charge in [-0.2, -0.15) is 18.1 Å². The first-order valence-corrected chi connectivity index (χ1v) is 10.1. The quantitative estimate of drug-likeness (QED) is 0.354. The van der Waals surface area contributed by atoms with Gasteiger partial charge >= 0.3 is 0 Å². The summed E-state index contributed by atoms with van der Waals surface area (Å²) in [5, 5.41) is 0. The second-order valence-electron chi connectivity index (χ2n) is 7.07. The summed E-state index contributed by atoms with van der Waals surface area (Å²) in [5.74, 6) is 0.505. The van der Waals surface area contributed by atoms with Crippen molar-refractivity contribution >= 4 is 22.5 Å². The van der Waals surface area contributed by atoms with E-state index in [4.69, 9.17) is 4.99 Å². The molecular weight excluding hydrogens is 499 g/mol. The number of nitrogens with zero attached hydrogens (tertiary/aromatic N) is 1. The average Bonchev–Trinajstić information content (AvgIpc) is 3.14. The van der Waals surface area contributed by atoms with Crippen molar-refractivity contribution in [3.05, 3.63) is 83.3 Å². The van der Waals surface area contributed by atoms with Crippen molar-refractivity contribution < 1.29 is 46.9 Å². The van der Waals surface area contributed by atoms with Crippen molar-refractivity contribution in [3.63, 3.8) is 0 Å². The van der Waals surface area contributed by atoms with Crippen molar-refractivity contribution in [1.82, 2.24) is 0 Å². The first kappa shape index (κ1) is 23.3. The van der Waals surface area contributed by atoms with Crippen LogP contribution in [0.25, 0.3) is 11.1 Å². The Hall–Kier alpha value is -1.02. The fourth-order valence-corrected chi connectivity index (χ4v) is 4.01. The summed E-state index contributed by atoms with van der Waals surface area (Å²) in [5.41, 5.74) is 10.7. The zero-order chi connectivity index (χ0) is 19.4. The molecule has 0 amide bonds. The van der Waals surface area contributed by atoms with Crippen LogP contribution in [-0.4, -0.2) is 5.71 Å². The van der Waals surface area contributed by atoms with E-state index in [1.54, 1.807) is 5.57 Å². The molecule has 2 heteroatoms. The maximum atomic E-state index is 5.08. The Bertz CT molecular complexity index is 918. The minimum Gasteiger partial charge on any atom is -0.257 e. The topological polar surface area (TPSA) is 12.4 Å². The first-order valence-electron chi connectivity index (χ1n) is 10.1. The van der Waals surface area contributed by atoms with Gasteiger partial charge in [0.15, 0.2) is 0 Å². The Labute approximate surface area is 209 Å².